The highest BCUT2D eigenvalue weighted by atomic mass is 19.1. The molecular formula is C21H33F. The summed E-state index contributed by atoms with van der Waals surface area (Å²) < 4.78 is 12.8. The van der Waals surface area contributed by atoms with Gasteiger partial charge in [0.05, 0.1) is 6.33 Å². The molecule has 4 aliphatic rings. The van der Waals surface area contributed by atoms with Crippen LogP contribution < -0.4 is 0 Å². The molecule has 4 rings (SSSR count). The Morgan fingerprint density at radius 3 is 2.45 bits per heavy atom. The third-order valence-electron chi connectivity index (χ3n) is 8.96. The lowest BCUT2D eigenvalue weighted by atomic mass is 9.45. The van der Waals surface area contributed by atoms with Crippen molar-refractivity contribution in [3.8, 4) is 0 Å². The van der Waals surface area contributed by atoms with E-state index in [1.54, 1.807) is 0 Å². The predicted octanol–water partition coefficient (Wildman–Crippen LogP) is 6.52. The van der Waals surface area contributed by atoms with E-state index in [4.69, 9.17) is 0 Å². The van der Waals surface area contributed by atoms with Crippen LogP contribution in [0.5, 0.6) is 0 Å². The van der Waals surface area contributed by atoms with Gasteiger partial charge in [-0.05, 0) is 91.8 Å². The molecule has 22 heavy (non-hydrogen) atoms. The minimum Gasteiger partial charge on any atom is -0.216 e. The normalized spacial score (nSPS) is 54.8. The van der Waals surface area contributed by atoms with Gasteiger partial charge in [-0.2, -0.15) is 0 Å². The van der Waals surface area contributed by atoms with Crippen LogP contribution in [0, 0.1) is 40.4 Å². The Labute approximate surface area is 135 Å². The Morgan fingerprint density at radius 2 is 1.64 bits per heavy atom. The Balaban J connectivity index is 1.62. The van der Waals surface area contributed by atoms with Crippen LogP contribution in [-0.2, 0) is 0 Å². The van der Waals surface area contributed by atoms with Crippen molar-refractivity contribution in [3.63, 3.8) is 0 Å². The molecule has 7 atom stereocenters. The molecule has 0 aliphatic heterocycles. The molecule has 1 unspecified atom stereocenters. The quantitative estimate of drug-likeness (QED) is 0.517. The fourth-order valence-electron chi connectivity index (χ4n) is 7.74. The van der Waals surface area contributed by atoms with Crippen molar-refractivity contribution in [2.75, 3.05) is 0 Å². The molecule has 0 bridgehead atoms. The van der Waals surface area contributed by atoms with Gasteiger partial charge in [0.25, 0.3) is 0 Å². The van der Waals surface area contributed by atoms with Crippen LogP contribution >= 0.6 is 0 Å². The molecule has 0 N–H and O–H groups in total. The standard InChI is InChI=1S/C21H33F/c1-20-12-4-3-5-15(20)6-8-17-18-9-7-16(11-14-22)21(18,2)13-10-19(17)20/h11,14-19H,3-10,12-13H2,1-2H3/b14-11+/t15-,16?,17+,18+,19+,20+,21-/m1/s1. The highest BCUT2D eigenvalue weighted by Gasteiger charge is 2.59. The number of fused-ring (bicyclic) bond motifs is 5. The van der Waals surface area contributed by atoms with Gasteiger partial charge >= 0.3 is 0 Å². The molecule has 4 aliphatic carbocycles. The van der Waals surface area contributed by atoms with Gasteiger partial charge in [0, 0.05) is 0 Å². The summed E-state index contributed by atoms with van der Waals surface area (Å²) in [4.78, 5) is 0. The first-order valence-electron chi connectivity index (χ1n) is 9.86. The first kappa shape index (κ1) is 15.2. The lowest BCUT2D eigenvalue weighted by Gasteiger charge is -2.60. The van der Waals surface area contributed by atoms with Gasteiger partial charge in [-0.1, -0.05) is 32.8 Å². The summed E-state index contributed by atoms with van der Waals surface area (Å²) in [5.74, 6) is 4.29. The molecule has 1 heteroatoms. The number of halogens is 1. The molecular weight excluding hydrogens is 271 g/mol. The minimum atomic E-state index is 0.390. The van der Waals surface area contributed by atoms with Gasteiger partial charge < -0.3 is 0 Å². The average molecular weight is 304 g/mol. The van der Waals surface area contributed by atoms with Crippen molar-refractivity contribution in [2.45, 2.75) is 78.1 Å². The predicted molar refractivity (Wildman–Crippen MR) is 90.1 cm³/mol. The minimum absolute atomic E-state index is 0.390. The third kappa shape index (κ3) is 1.99. The second-order valence-corrected chi connectivity index (χ2v) is 9.45. The van der Waals surface area contributed by atoms with Crippen LogP contribution in [0.2, 0.25) is 0 Å². The van der Waals surface area contributed by atoms with Gasteiger partial charge in [-0.15, -0.1) is 0 Å². The SMILES string of the molecule is C[C@]12CCCC[C@@H]1CC[C@@H]1[C@@H]2CC[C@]2(C)C(/C=C/F)CC[C@@H]12. The van der Waals surface area contributed by atoms with Crippen LogP contribution in [-0.4, -0.2) is 0 Å². The molecule has 0 aromatic carbocycles. The van der Waals surface area contributed by atoms with Gasteiger partial charge in [0.15, 0.2) is 0 Å². The fourth-order valence-corrected chi connectivity index (χ4v) is 7.74. The Morgan fingerprint density at radius 1 is 0.818 bits per heavy atom. The topological polar surface area (TPSA) is 0 Å². The monoisotopic (exact) mass is 304 g/mol. The van der Waals surface area contributed by atoms with Crippen molar-refractivity contribution in [2.24, 2.45) is 40.4 Å². The zero-order valence-corrected chi connectivity index (χ0v) is 14.5. The largest absolute Gasteiger partial charge is 0.216 e. The summed E-state index contributed by atoms with van der Waals surface area (Å²) in [5, 5.41) is 0. The van der Waals surface area contributed by atoms with Crippen molar-refractivity contribution in [1.82, 2.24) is 0 Å². The van der Waals surface area contributed by atoms with Crippen LogP contribution in [0.4, 0.5) is 4.39 Å². The molecule has 4 fully saturated rings. The van der Waals surface area contributed by atoms with Crippen molar-refractivity contribution >= 4 is 0 Å². The van der Waals surface area contributed by atoms with E-state index in [1.807, 2.05) is 6.08 Å². The van der Waals surface area contributed by atoms with Crippen molar-refractivity contribution < 1.29 is 4.39 Å². The molecule has 0 saturated heterocycles. The molecule has 0 spiro atoms. The van der Waals surface area contributed by atoms with E-state index in [9.17, 15) is 4.39 Å². The maximum Gasteiger partial charge on any atom is 0.0830 e. The lowest BCUT2D eigenvalue weighted by Crippen LogP contribution is -2.52. The molecule has 0 nitrogen and oxygen atoms in total. The molecule has 124 valence electrons. The number of rotatable bonds is 1. The maximum atomic E-state index is 12.8. The van der Waals surface area contributed by atoms with Crippen LogP contribution in [0.15, 0.2) is 12.4 Å². The fraction of sp³-hybridized carbons (Fsp3) is 0.905. The highest BCUT2D eigenvalue weighted by molar-refractivity contribution is 5.11. The van der Waals surface area contributed by atoms with Gasteiger partial charge in [0.2, 0.25) is 0 Å². The zero-order valence-electron chi connectivity index (χ0n) is 14.5. The summed E-state index contributed by atoms with van der Waals surface area (Å²) in [6.07, 6.45) is 16.9. The van der Waals surface area contributed by atoms with Gasteiger partial charge in [-0.3, -0.25) is 0 Å². The Kier molecular flexibility index (Phi) is 3.70. The summed E-state index contributed by atoms with van der Waals surface area (Å²) in [6, 6.07) is 0. The molecule has 0 aromatic heterocycles. The summed E-state index contributed by atoms with van der Waals surface area (Å²) >= 11 is 0. The van der Waals surface area contributed by atoms with Crippen molar-refractivity contribution in [3.05, 3.63) is 12.4 Å². The van der Waals surface area contributed by atoms with E-state index < -0.39 is 0 Å². The van der Waals surface area contributed by atoms with Crippen LogP contribution in [0.25, 0.3) is 0 Å². The second kappa shape index (κ2) is 5.35. The Hall–Kier alpha value is -0.330. The Bertz CT molecular complexity index is 455. The van der Waals surface area contributed by atoms with E-state index in [0.717, 1.165) is 30.0 Å². The third-order valence-corrected chi connectivity index (χ3v) is 8.96. The van der Waals surface area contributed by atoms with Crippen LogP contribution in [0.3, 0.4) is 0 Å². The van der Waals surface area contributed by atoms with Gasteiger partial charge in [-0.25, -0.2) is 4.39 Å². The average Bonchev–Trinajstić information content (AvgIpc) is 2.84. The molecule has 4 saturated carbocycles. The lowest BCUT2D eigenvalue weighted by molar-refractivity contribution is -0.107. The summed E-state index contributed by atoms with van der Waals surface area (Å²) in [5.41, 5.74) is 1.03. The molecule has 0 radical (unpaired) electrons. The molecule has 0 aromatic rings. The smallest absolute Gasteiger partial charge is 0.0830 e. The number of allylic oxidation sites excluding steroid dienone is 1. The summed E-state index contributed by atoms with van der Waals surface area (Å²) in [7, 11) is 0. The van der Waals surface area contributed by atoms with E-state index >= 15 is 0 Å². The molecule has 0 amide bonds. The highest BCUT2D eigenvalue weighted by Crippen LogP contribution is 2.67. The van der Waals surface area contributed by atoms with E-state index in [1.165, 1.54) is 64.2 Å². The molecule has 0 heterocycles. The first-order chi connectivity index (χ1) is 10.6. The van der Waals surface area contributed by atoms with E-state index in [0.29, 0.717) is 16.7 Å². The zero-order chi connectivity index (χ0) is 15.4. The van der Waals surface area contributed by atoms with E-state index in [2.05, 4.69) is 13.8 Å². The second-order valence-electron chi connectivity index (χ2n) is 9.45. The maximum absolute atomic E-state index is 12.8. The van der Waals surface area contributed by atoms with Crippen LogP contribution in [0.1, 0.15) is 78.1 Å². The number of hydrogen-bond acceptors (Lipinski definition) is 0. The van der Waals surface area contributed by atoms with Gasteiger partial charge in [0.1, 0.15) is 0 Å². The van der Waals surface area contributed by atoms with E-state index in [-0.39, 0.29) is 0 Å². The summed E-state index contributed by atoms with van der Waals surface area (Å²) in [6.45, 7) is 5.13. The number of hydrogen-bond donors (Lipinski definition) is 0. The van der Waals surface area contributed by atoms with Crippen molar-refractivity contribution in [1.29, 1.82) is 0 Å². The first-order valence-corrected chi connectivity index (χ1v) is 9.86.